The van der Waals surface area contributed by atoms with Crippen molar-refractivity contribution in [3.05, 3.63) is 39.0 Å². The Labute approximate surface area is 381 Å². The van der Waals surface area contributed by atoms with Gasteiger partial charge in [0.05, 0.1) is 30.5 Å². The van der Waals surface area contributed by atoms with Crippen LogP contribution in [0.4, 0.5) is 0 Å². The van der Waals surface area contributed by atoms with Crippen LogP contribution in [0.25, 0.3) is 5.32 Å². The smallest absolute Gasteiger partial charge is 0.304 e. The Kier molecular flexibility index (Phi) is 14.8. The van der Waals surface area contributed by atoms with Gasteiger partial charge >= 0.3 is 41.8 Å². The van der Waals surface area contributed by atoms with E-state index in [9.17, 15) is 69.3 Å². The van der Waals surface area contributed by atoms with Crippen molar-refractivity contribution in [2.45, 2.75) is 150 Å². The first-order chi connectivity index (χ1) is 29.1. The quantitative estimate of drug-likeness (QED) is 0.0758. The van der Waals surface area contributed by atoms with Crippen LogP contribution in [0.5, 0.6) is 0 Å². The second-order valence-corrected chi connectivity index (χ2v) is 19.1. The predicted octanol–water partition coefficient (Wildman–Crippen LogP) is 6.64. The monoisotopic (exact) mass is 938 g/mol. The molecule has 5 rings (SSSR count). The molecule has 5 heterocycles. The Morgan fingerprint density at radius 1 is 0.734 bits per heavy atom. The van der Waals surface area contributed by atoms with Gasteiger partial charge in [0.25, 0.3) is 0 Å². The zero-order chi connectivity index (χ0) is 47.4. The molecule has 0 saturated carbocycles. The van der Waals surface area contributed by atoms with E-state index in [0.717, 1.165) is 0 Å². The Morgan fingerprint density at radius 2 is 1.30 bits per heavy atom. The molecular formula is C45H59CoN4O14-. The molecule has 0 aliphatic carbocycles. The van der Waals surface area contributed by atoms with Crippen LogP contribution in [0.15, 0.2) is 48.7 Å². The van der Waals surface area contributed by atoms with Crippen molar-refractivity contribution >= 4 is 58.9 Å². The molecule has 19 heteroatoms. The molecule has 0 amide bonds. The number of allylic oxidation sites excluding steroid dienone is 4. The van der Waals surface area contributed by atoms with Crippen molar-refractivity contribution in [2.75, 3.05) is 0 Å². The summed E-state index contributed by atoms with van der Waals surface area (Å²) in [6.07, 6.45) is -3.44. The van der Waals surface area contributed by atoms with Crippen molar-refractivity contribution in [1.29, 1.82) is 0 Å². The average Bonchev–Trinajstić information content (AvgIpc) is 3.75. The van der Waals surface area contributed by atoms with Gasteiger partial charge < -0.3 is 41.1 Å². The molecule has 1 fully saturated rings. The largest absolute Gasteiger partial charge is 0.680 e. The Hall–Kier alpha value is -5.17. The third-order valence-corrected chi connectivity index (χ3v) is 15.1. The van der Waals surface area contributed by atoms with E-state index in [0.29, 0.717) is 39.4 Å². The SMILES string of the molecule is CC1=C2[N-][C@@](C)([C@@H]3N=C(C(C)C4=N[C@@](C)(CC5=C(CCC(=O)O)[C@](C)(CC(=O)O)C1=N5)C(C)=C4CCC(=O)O)[C@](C)(CCC(=O)O)[C@H]3CC(=O)O)[C@@](C)(CC(=O)O)[C@@H]2CCC(=O)O.[Co]. The summed E-state index contributed by atoms with van der Waals surface area (Å²) >= 11 is 0. The predicted molar refractivity (Wildman–Crippen MR) is 228 cm³/mol. The molecule has 7 N–H and O–H groups in total. The number of aliphatic carboxylic acids is 7. The third kappa shape index (κ3) is 9.06. The molecule has 5 aliphatic rings. The van der Waals surface area contributed by atoms with Crippen LogP contribution in [-0.2, 0) is 50.3 Å². The van der Waals surface area contributed by atoms with E-state index in [4.69, 9.17) is 20.3 Å². The Balaban J connectivity index is 0.00000898. The van der Waals surface area contributed by atoms with Gasteiger partial charge in [0.2, 0.25) is 0 Å². The van der Waals surface area contributed by atoms with Crippen LogP contribution in [0.1, 0.15) is 132 Å². The summed E-state index contributed by atoms with van der Waals surface area (Å²) < 4.78 is 0. The van der Waals surface area contributed by atoms with Crippen LogP contribution in [0, 0.1) is 34.0 Å². The maximum Gasteiger partial charge on any atom is 0.304 e. The zero-order valence-electron chi connectivity index (χ0n) is 37.4. The Bertz CT molecular complexity index is 2240. The first kappa shape index (κ1) is 51.5. The van der Waals surface area contributed by atoms with Gasteiger partial charge in [-0.25, -0.2) is 0 Å². The zero-order valence-corrected chi connectivity index (χ0v) is 38.4. The topological polar surface area (TPSA) is 312 Å². The molecule has 8 bridgehead atoms. The van der Waals surface area contributed by atoms with Gasteiger partial charge in [0.1, 0.15) is 0 Å². The molecule has 5 aliphatic heterocycles. The normalized spacial score (nSPS) is 33.0. The third-order valence-electron chi connectivity index (χ3n) is 15.1. The number of fused-ring (bicyclic) bond motifs is 6. The van der Waals surface area contributed by atoms with Gasteiger partial charge in [-0.05, 0) is 87.0 Å². The minimum Gasteiger partial charge on any atom is -0.680 e. The molecule has 0 aromatic heterocycles. The minimum absolute atomic E-state index is 0. The maximum absolute atomic E-state index is 13.1. The average molecular weight is 939 g/mol. The molecule has 1 saturated heterocycles. The van der Waals surface area contributed by atoms with Crippen LogP contribution >= 0.6 is 0 Å². The van der Waals surface area contributed by atoms with Crippen molar-refractivity contribution in [3.63, 3.8) is 0 Å². The number of hydrogen-bond donors (Lipinski definition) is 7. The molecule has 18 nitrogen and oxygen atoms in total. The molecule has 64 heavy (non-hydrogen) atoms. The number of aliphatic imine (C=N–C) groups is 3. The first-order valence-electron chi connectivity index (χ1n) is 21.2. The number of carbonyl (C=O) groups is 7. The first-order valence-corrected chi connectivity index (χ1v) is 21.2. The van der Waals surface area contributed by atoms with Gasteiger partial charge in [-0.3, -0.25) is 48.5 Å². The molecule has 1 unspecified atom stereocenters. The van der Waals surface area contributed by atoms with Crippen molar-refractivity contribution < 1.29 is 86.1 Å². The van der Waals surface area contributed by atoms with E-state index >= 15 is 0 Å². The number of nitrogens with zero attached hydrogens (tertiary/aromatic N) is 4. The summed E-state index contributed by atoms with van der Waals surface area (Å²) in [7, 11) is 0. The van der Waals surface area contributed by atoms with E-state index in [1.54, 1.807) is 41.5 Å². The summed E-state index contributed by atoms with van der Waals surface area (Å²) in [6.45, 7) is 13.8. The summed E-state index contributed by atoms with van der Waals surface area (Å²) in [5, 5.41) is 76.9. The van der Waals surface area contributed by atoms with Crippen LogP contribution in [0.2, 0.25) is 0 Å². The standard InChI is InChI=1S/C45H60N4O14.Co/c1-21-36-24(9-12-29(50)51)23(3)44(7,48-36)18-28-25(10-13-30(52)53)42(5,19-34(60)61)39(46-28)22(2)37-26(11-14-31(54)55)43(6,20-35(62)63)45(8,49-37)40-27(17-33(58)59)41(4,38(21)47-40)16-15-32(56)57;/h21,26-27,40H,9-20H2,1-8H3,(H8,46,49,50,51,52,53,54,55,56,57,58,59,60,61,62,63);/p-1/t21?,26-,27+,40-,41-,42+,43+,44+,45+;/m1./s1. The molecule has 0 aromatic rings. The molecule has 1 radical (unpaired) electrons. The van der Waals surface area contributed by atoms with Gasteiger partial charge in [-0.2, -0.15) is 5.70 Å². The number of carboxylic acids is 7. The van der Waals surface area contributed by atoms with Gasteiger partial charge in [0, 0.05) is 94.7 Å². The number of carboxylic acid groups (broad SMARTS) is 7. The molecular weight excluding hydrogens is 879 g/mol. The van der Waals surface area contributed by atoms with Crippen LogP contribution in [0.3, 0.4) is 0 Å². The van der Waals surface area contributed by atoms with Crippen molar-refractivity contribution in [2.24, 2.45) is 49.0 Å². The number of rotatable bonds is 18. The van der Waals surface area contributed by atoms with Crippen LogP contribution in [-0.4, -0.2) is 112 Å². The minimum atomic E-state index is -1.63. The summed E-state index contributed by atoms with van der Waals surface area (Å²) in [4.78, 5) is 104. The molecule has 0 spiro atoms. The molecule has 9 atom stereocenters. The molecule has 353 valence electrons. The second-order valence-electron chi connectivity index (χ2n) is 19.1. The van der Waals surface area contributed by atoms with Gasteiger partial charge in [-0.1, -0.05) is 33.2 Å². The molecule has 0 aromatic carbocycles. The van der Waals surface area contributed by atoms with E-state index in [1.807, 2.05) is 13.8 Å². The fourth-order valence-electron chi connectivity index (χ4n) is 11.6. The van der Waals surface area contributed by atoms with E-state index in [1.165, 1.54) is 0 Å². The van der Waals surface area contributed by atoms with Gasteiger partial charge in [0.15, 0.2) is 0 Å². The van der Waals surface area contributed by atoms with E-state index in [-0.39, 0.29) is 73.1 Å². The van der Waals surface area contributed by atoms with E-state index in [2.05, 4.69) is 0 Å². The summed E-state index contributed by atoms with van der Waals surface area (Å²) in [6, 6.07) is -1.14. The van der Waals surface area contributed by atoms with E-state index < -0.39 is 125 Å². The van der Waals surface area contributed by atoms with Crippen LogP contribution < -0.4 is 0 Å². The maximum atomic E-state index is 13.1. The Morgan fingerprint density at radius 3 is 1.83 bits per heavy atom. The fraction of sp³-hybridized carbons (Fsp3) is 0.644. The van der Waals surface area contributed by atoms with Crippen molar-refractivity contribution in [3.8, 4) is 0 Å². The summed E-state index contributed by atoms with van der Waals surface area (Å²) in [5.41, 5.74) is -3.39. The van der Waals surface area contributed by atoms with Gasteiger partial charge in [-0.15, -0.1) is 0 Å². The number of hydrogen-bond acceptors (Lipinski definition) is 10. The second kappa shape index (κ2) is 18.4. The summed E-state index contributed by atoms with van der Waals surface area (Å²) in [5.74, 6) is -11.0. The van der Waals surface area contributed by atoms with Crippen molar-refractivity contribution in [1.82, 2.24) is 0 Å². The fourth-order valence-corrected chi connectivity index (χ4v) is 11.6.